The summed E-state index contributed by atoms with van der Waals surface area (Å²) < 4.78 is 82.4. The van der Waals surface area contributed by atoms with Crippen LogP contribution in [0.25, 0.3) is 55.3 Å². The number of rotatable bonds is 12. The third kappa shape index (κ3) is 9.64. The largest absolute Gasteiger partial charge is 0.421 e. The molecular weight excluding hydrogens is 1140 g/mol. The molecule has 0 bridgehead atoms. The van der Waals surface area contributed by atoms with E-state index in [0.717, 1.165) is 19.1 Å². The van der Waals surface area contributed by atoms with Crippen LogP contribution in [0.5, 0.6) is 0 Å². The van der Waals surface area contributed by atoms with E-state index in [4.69, 9.17) is 13.6 Å². The van der Waals surface area contributed by atoms with Crippen LogP contribution in [0.4, 0.5) is 47.7 Å². The van der Waals surface area contributed by atoms with Crippen LogP contribution >= 0.6 is 22.6 Å². The fraction of sp³-hybridized carbons (Fsp3) is 0.281. The summed E-state index contributed by atoms with van der Waals surface area (Å²) in [6, 6.07) is 18.3. The molecule has 1 saturated heterocycles. The maximum absolute atomic E-state index is 17.0. The summed E-state index contributed by atoms with van der Waals surface area (Å²) in [7, 11) is -3.94. The van der Waals surface area contributed by atoms with Gasteiger partial charge in [0.25, 0.3) is 11.1 Å². The fourth-order valence-electron chi connectivity index (χ4n) is 10.5. The minimum Gasteiger partial charge on any atom is -0.421 e. The summed E-state index contributed by atoms with van der Waals surface area (Å²) in [6.45, 7) is 9.81. The first-order valence-electron chi connectivity index (χ1n) is 25.3. The normalized spacial score (nSPS) is 14.8. The first-order valence-corrected chi connectivity index (χ1v) is 28.2. The SMILES string of the molecule is Cc1c(NS(C)(=O)=O)cc(-c2ccc(Nc3c(C)c(=O)oc4c(-c5cccc(NC(=O)N6CCOCC6)c5)c(C)n(C5CC5)c(=O)c34)c(F)c2)cc1-c1c(C)n(C2CC2)c(=O)c2c(Nc3ccc(I)cc3F)c(C)c(=O)oc12. The number of carbonyl (C=O) groups excluding carboxylic acids is 1. The zero-order valence-corrected chi connectivity index (χ0v) is 46.2. The van der Waals surface area contributed by atoms with Crippen molar-refractivity contribution in [1.82, 2.24) is 14.0 Å². The molecule has 4 aromatic heterocycles. The molecular formula is C57H52F2IN7O10S. The van der Waals surface area contributed by atoms with Crippen molar-refractivity contribution in [1.29, 1.82) is 0 Å². The molecule has 402 valence electrons. The van der Waals surface area contributed by atoms with Crippen LogP contribution < -0.4 is 43.0 Å². The molecule has 4 aromatic carbocycles. The number of hydrogen-bond donors (Lipinski definition) is 4. The average molecular weight is 1190 g/mol. The predicted octanol–water partition coefficient (Wildman–Crippen LogP) is 11.0. The van der Waals surface area contributed by atoms with Crippen molar-refractivity contribution in [2.75, 3.05) is 53.2 Å². The van der Waals surface area contributed by atoms with Gasteiger partial charge in [0.05, 0.1) is 59.0 Å². The number of ether oxygens (including phenoxy) is 1. The van der Waals surface area contributed by atoms with Crippen LogP contribution in [0.15, 0.2) is 101 Å². The Labute approximate surface area is 458 Å². The molecule has 1 aliphatic heterocycles. The van der Waals surface area contributed by atoms with Crippen molar-refractivity contribution in [3.8, 4) is 33.4 Å². The molecule has 0 unspecified atom stereocenters. The number of halogens is 3. The van der Waals surface area contributed by atoms with E-state index >= 15 is 8.78 Å². The van der Waals surface area contributed by atoms with Gasteiger partial charge in [0.2, 0.25) is 10.0 Å². The minimum atomic E-state index is -3.94. The van der Waals surface area contributed by atoms with Crippen LogP contribution in [0, 0.1) is 49.8 Å². The Bertz CT molecular complexity index is 4260. The number of nitrogens with one attached hydrogen (secondary N) is 4. The van der Waals surface area contributed by atoms with Gasteiger partial charge in [0.1, 0.15) is 22.4 Å². The molecule has 3 aliphatic rings. The number of aromatic nitrogens is 2. The molecule has 3 fully saturated rings. The first-order chi connectivity index (χ1) is 37.2. The number of anilines is 6. The van der Waals surface area contributed by atoms with E-state index in [-0.39, 0.29) is 90.7 Å². The standard InChI is InChI=1S/C57H52F2IN7O10S/c1-27-39(46-31(5)67(38-14-15-38)54(69)48-50(29(3)56(71)77-52(46)48)63-43-17-11-35(60)26-41(43)59)23-34(25-44(27)64-78(6,73)74)32-10-16-42(40(58)24-32)62-49-28(2)55(70)76-51-45(30(4)66(37-12-13-37)53(68)47(49)51)33-8-7-9-36(22-33)61-57(72)65-18-20-75-21-19-65/h7-11,16-17,22-26,37-38,62-64H,12-15,18-21H2,1-6H3,(H,61,72). The number of benzene rings is 4. The van der Waals surface area contributed by atoms with Crippen LogP contribution in [0.1, 0.15) is 65.8 Å². The van der Waals surface area contributed by atoms with Crippen molar-refractivity contribution in [3.63, 3.8) is 0 Å². The van der Waals surface area contributed by atoms with Gasteiger partial charge in [-0.3, -0.25) is 14.3 Å². The quantitative estimate of drug-likeness (QED) is 0.0841. The number of sulfonamides is 1. The van der Waals surface area contributed by atoms with E-state index in [0.29, 0.717) is 87.6 Å². The number of carbonyl (C=O) groups is 1. The second kappa shape index (κ2) is 20.0. The smallest absolute Gasteiger partial charge is 0.341 e. The van der Waals surface area contributed by atoms with Crippen molar-refractivity contribution in [2.45, 2.75) is 72.4 Å². The van der Waals surface area contributed by atoms with Gasteiger partial charge in [-0.2, -0.15) is 0 Å². The van der Waals surface area contributed by atoms with Gasteiger partial charge in [-0.05, 0) is 165 Å². The highest BCUT2D eigenvalue weighted by molar-refractivity contribution is 14.1. The number of fused-ring (bicyclic) bond motifs is 2. The molecule has 4 N–H and O–H groups in total. The summed E-state index contributed by atoms with van der Waals surface area (Å²) in [6.07, 6.45) is 3.82. The van der Waals surface area contributed by atoms with E-state index in [1.54, 1.807) is 77.3 Å². The van der Waals surface area contributed by atoms with Gasteiger partial charge in [-0.1, -0.05) is 18.2 Å². The molecule has 2 saturated carbocycles. The molecule has 78 heavy (non-hydrogen) atoms. The summed E-state index contributed by atoms with van der Waals surface area (Å²) in [5.74, 6) is -1.42. The Balaban J connectivity index is 1.04. The Hall–Kier alpha value is -7.63. The molecule has 11 rings (SSSR count). The molecule has 2 aliphatic carbocycles. The van der Waals surface area contributed by atoms with E-state index in [1.165, 1.54) is 44.2 Å². The highest BCUT2D eigenvalue weighted by Crippen LogP contribution is 2.45. The van der Waals surface area contributed by atoms with Crippen LogP contribution in [-0.4, -0.2) is 61.0 Å². The molecule has 8 aromatic rings. The van der Waals surface area contributed by atoms with Gasteiger partial charge in [-0.25, -0.2) is 31.6 Å². The Morgan fingerprint density at radius 2 is 1.19 bits per heavy atom. The van der Waals surface area contributed by atoms with Crippen molar-refractivity contribution in [3.05, 3.63) is 158 Å². The average Bonchev–Trinajstić information content (AvgIpc) is 4.33. The van der Waals surface area contributed by atoms with Gasteiger partial charge in [-0.15, -0.1) is 0 Å². The summed E-state index contributed by atoms with van der Waals surface area (Å²) in [5, 5.41) is 9.02. The topological polar surface area (TPSA) is 216 Å². The molecule has 2 amide bonds. The lowest BCUT2D eigenvalue weighted by Gasteiger charge is -2.27. The Morgan fingerprint density at radius 1 is 0.641 bits per heavy atom. The van der Waals surface area contributed by atoms with Gasteiger partial charge >= 0.3 is 17.3 Å². The number of amides is 2. The molecule has 0 spiro atoms. The summed E-state index contributed by atoms with van der Waals surface area (Å²) in [5.41, 5.74) is 1.57. The van der Waals surface area contributed by atoms with E-state index < -0.39 is 44.0 Å². The maximum atomic E-state index is 17.0. The highest BCUT2D eigenvalue weighted by atomic mass is 127. The number of hydrogen-bond acceptors (Lipinski definition) is 12. The van der Waals surface area contributed by atoms with E-state index in [2.05, 4.69) is 20.7 Å². The lowest BCUT2D eigenvalue weighted by Crippen LogP contribution is -2.43. The zero-order valence-electron chi connectivity index (χ0n) is 43.2. The van der Waals surface area contributed by atoms with Gasteiger partial charge < -0.3 is 43.6 Å². The summed E-state index contributed by atoms with van der Waals surface area (Å²) >= 11 is 1.98. The third-order valence-electron chi connectivity index (χ3n) is 14.7. The number of pyridine rings is 2. The minimum absolute atomic E-state index is 0.0181. The van der Waals surface area contributed by atoms with E-state index in [1.807, 2.05) is 22.6 Å². The van der Waals surface area contributed by atoms with Gasteiger partial charge in [0, 0.05) is 56.9 Å². The number of urea groups is 1. The second-order valence-electron chi connectivity index (χ2n) is 20.2. The van der Waals surface area contributed by atoms with Crippen LogP contribution in [0.3, 0.4) is 0 Å². The van der Waals surface area contributed by atoms with Crippen molar-refractivity contribution in [2.24, 2.45) is 0 Å². The van der Waals surface area contributed by atoms with Crippen LogP contribution in [0.2, 0.25) is 0 Å². The molecule has 5 heterocycles. The van der Waals surface area contributed by atoms with Gasteiger partial charge in [0.15, 0.2) is 11.2 Å². The van der Waals surface area contributed by atoms with Crippen LogP contribution in [-0.2, 0) is 14.8 Å². The lowest BCUT2D eigenvalue weighted by molar-refractivity contribution is 0.0564. The highest BCUT2D eigenvalue weighted by Gasteiger charge is 2.34. The molecule has 0 radical (unpaired) electrons. The third-order valence-corrected chi connectivity index (χ3v) is 16.0. The Kier molecular flexibility index (Phi) is 13.4. The van der Waals surface area contributed by atoms with Crippen molar-refractivity contribution >= 4 is 94.7 Å². The number of nitrogens with zero attached hydrogens (tertiary/aromatic N) is 3. The van der Waals surface area contributed by atoms with Crippen molar-refractivity contribution < 1.29 is 35.6 Å². The predicted molar refractivity (Wildman–Crippen MR) is 306 cm³/mol. The van der Waals surface area contributed by atoms with E-state index in [9.17, 15) is 32.4 Å². The zero-order chi connectivity index (χ0) is 55.2. The fourth-order valence-corrected chi connectivity index (χ4v) is 11.5. The number of morpholine rings is 1. The molecule has 0 atom stereocenters. The first kappa shape index (κ1) is 52.4. The maximum Gasteiger partial charge on any atom is 0.341 e. The lowest BCUT2D eigenvalue weighted by atomic mass is 9.91. The molecule has 21 heteroatoms. The second-order valence-corrected chi connectivity index (χ2v) is 23.2. The summed E-state index contributed by atoms with van der Waals surface area (Å²) in [4.78, 5) is 72.0. The monoisotopic (exact) mass is 1190 g/mol. The Morgan fingerprint density at radius 3 is 1.74 bits per heavy atom. The molecule has 17 nitrogen and oxygen atoms in total.